The first kappa shape index (κ1) is 27.4. The molecule has 40 heavy (non-hydrogen) atoms. The lowest BCUT2D eigenvalue weighted by Gasteiger charge is -2.33. The fourth-order valence-electron chi connectivity index (χ4n) is 5.57. The molecule has 2 amide bonds. The maximum Gasteiger partial charge on any atom is 0.408 e. The number of carbonyl (C=O) groups excluding carboxylic acids is 2. The van der Waals surface area contributed by atoms with Gasteiger partial charge in [0, 0.05) is 25.6 Å². The van der Waals surface area contributed by atoms with Crippen molar-refractivity contribution in [2.75, 3.05) is 26.3 Å². The third-order valence-electron chi connectivity index (χ3n) is 7.89. The summed E-state index contributed by atoms with van der Waals surface area (Å²) in [5, 5.41) is 24.5. The number of carboxylic acids is 1. The molecule has 5 rings (SSSR count). The topological polar surface area (TPSA) is 128 Å². The second-order valence-corrected chi connectivity index (χ2v) is 10.7. The average Bonchev–Trinajstić information content (AvgIpc) is 3.51. The van der Waals surface area contributed by atoms with E-state index < -0.39 is 35.7 Å². The molecule has 1 aliphatic carbocycles. The number of nitrogens with one attached hydrogen (secondary N) is 2. The Morgan fingerprint density at radius 2 is 1.57 bits per heavy atom. The summed E-state index contributed by atoms with van der Waals surface area (Å²) in [7, 11) is 0. The Balaban J connectivity index is 1.33. The molecule has 1 saturated heterocycles. The largest absolute Gasteiger partial charge is 0.479 e. The van der Waals surface area contributed by atoms with Crippen LogP contribution < -0.4 is 10.6 Å². The van der Waals surface area contributed by atoms with Crippen LogP contribution in [0.3, 0.4) is 0 Å². The lowest BCUT2D eigenvalue weighted by Crippen LogP contribution is -2.66. The zero-order valence-electron chi connectivity index (χ0n) is 22.3. The maximum atomic E-state index is 13.6. The quantitative estimate of drug-likeness (QED) is 0.327. The predicted octanol–water partition coefficient (Wildman–Crippen LogP) is 3.12. The lowest BCUT2D eigenvalue weighted by atomic mass is 9.94. The molecule has 2 aliphatic rings. The number of fused-ring (bicyclic) bond motifs is 3. The summed E-state index contributed by atoms with van der Waals surface area (Å²) in [6.45, 7) is 1.70. The van der Waals surface area contributed by atoms with E-state index in [2.05, 4.69) is 10.6 Å². The van der Waals surface area contributed by atoms with Gasteiger partial charge in [0.05, 0.1) is 6.61 Å². The molecule has 2 unspecified atom stereocenters. The number of aliphatic hydroxyl groups excluding tert-OH is 1. The van der Waals surface area contributed by atoms with Crippen LogP contribution in [0.25, 0.3) is 11.1 Å². The molecular formula is C31H33N3O6. The predicted molar refractivity (Wildman–Crippen MR) is 149 cm³/mol. The van der Waals surface area contributed by atoms with Crippen molar-refractivity contribution in [2.45, 2.75) is 36.9 Å². The molecule has 9 heteroatoms. The molecule has 9 nitrogen and oxygen atoms in total. The van der Waals surface area contributed by atoms with Crippen molar-refractivity contribution in [1.82, 2.24) is 15.5 Å². The van der Waals surface area contributed by atoms with Crippen LogP contribution in [0.5, 0.6) is 0 Å². The molecule has 0 radical (unpaired) electrons. The van der Waals surface area contributed by atoms with Gasteiger partial charge in [-0.1, -0.05) is 78.9 Å². The number of hydrogen-bond acceptors (Lipinski definition) is 6. The second-order valence-electron chi connectivity index (χ2n) is 10.7. The van der Waals surface area contributed by atoms with E-state index >= 15 is 0 Å². The minimum Gasteiger partial charge on any atom is -0.479 e. The highest BCUT2D eigenvalue weighted by Crippen LogP contribution is 2.44. The van der Waals surface area contributed by atoms with E-state index in [-0.39, 0.29) is 25.5 Å². The maximum absolute atomic E-state index is 13.6. The summed E-state index contributed by atoms with van der Waals surface area (Å²) in [5.41, 5.74) is 2.05. The fraction of sp³-hybridized carbons (Fsp3) is 0.323. The first-order valence-corrected chi connectivity index (χ1v) is 13.3. The van der Waals surface area contributed by atoms with E-state index in [1.54, 1.807) is 0 Å². The van der Waals surface area contributed by atoms with Gasteiger partial charge < -0.3 is 25.6 Å². The van der Waals surface area contributed by atoms with Crippen LogP contribution >= 0.6 is 0 Å². The third-order valence-corrected chi connectivity index (χ3v) is 7.89. The monoisotopic (exact) mass is 543 g/mol. The van der Waals surface area contributed by atoms with Crippen molar-refractivity contribution >= 4 is 18.0 Å². The van der Waals surface area contributed by atoms with Crippen LogP contribution in [-0.2, 0) is 20.9 Å². The van der Waals surface area contributed by atoms with E-state index in [9.17, 15) is 24.6 Å². The van der Waals surface area contributed by atoms with Crippen molar-refractivity contribution in [3.63, 3.8) is 0 Å². The van der Waals surface area contributed by atoms with Crippen LogP contribution in [0.4, 0.5) is 4.79 Å². The zero-order chi connectivity index (χ0) is 28.3. The van der Waals surface area contributed by atoms with Crippen LogP contribution in [0.1, 0.15) is 36.0 Å². The van der Waals surface area contributed by atoms with Crippen molar-refractivity contribution in [3.05, 3.63) is 95.6 Å². The minimum atomic E-state index is -1.90. The van der Waals surface area contributed by atoms with Crippen molar-refractivity contribution in [3.8, 4) is 11.1 Å². The molecule has 1 fully saturated rings. The van der Waals surface area contributed by atoms with Crippen LogP contribution in [0.15, 0.2) is 78.9 Å². The molecule has 3 aromatic carbocycles. The molecule has 0 saturated carbocycles. The van der Waals surface area contributed by atoms with Crippen molar-refractivity contribution in [2.24, 2.45) is 0 Å². The first-order valence-electron chi connectivity index (χ1n) is 13.3. The summed E-state index contributed by atoms with van der Waals surface area (Å²) in [6.07, 6.45) is -0.517. The molecule has 4 N–H and O–H groups in total. The standard InChI is InChI=1S/C31H33N3O6/c1-30(20-35,28(37)38)32-27(36)31(15-16-34(19-31)17-21-9-3-2-4-10-21)33-29(39)40-18-26-24-13-7-5-11-22(24)23-12-6-8-14-25(23)26/h2-14,26,35H,15-20H2,1H3,(H,32,36)(H,33,39)(H,37,38). The van der Waals surface area contributed by atoms with E-state index in [1.165, 1.54) is 6.92 Å². The number of aliphatic hydroxyl groups is 1. The van der Waals surface area contributed by atoms with Gasteiger partial charge in [0.25, 0.3) is 0 Å². The molecule has 0 spiro atoms. The Hall–Kier alpha value is -4.21. The number of ether oxygens (including phenoxy) is 1. The number of likely N-dealkylation sites (tertiary alicyclic amines) is 1. The van der Waals surface area contributed by atoms with E-state index in [0.29, 0.717) is 13.1 Å². The lowest BCUT2D eigenvalue weighted by molar-refractivity contribution is -0.149. The van der Waals surface area contributed by atoms with Crippen LogP contribution in [0.2, 0.25) is 0 Å². The number of aliphatic carboxylic acids is 1. The fourth-order valence-corrected chi connectivity index (χ4v) is 5.57. The molecule has 0 aromatic heterocycles. The summed E-state index contributed by atoms with van der Waals surface area (Å²) in [5.74, 6) is -2.21. The molecule has 208 valence electrons. The summed E-state index contributed by atoms with van der Waals surface area (Å²) in [4.78, 5) is 40.6. The Labute approximate surface area is 232 Å². The Morgan fingerprint density at radius 3 is 2.17 bits per heavy atom. The summed E-state index contributed by atoms with van der Waals surface area (Å²) < 4.78 is 5.72. The Bertz CT molecular complexity index is 1370. The van der Waals surface area contributed by atoms with Gasteiger partial charge in [-0.15, -0.1) is 0 Å². The normalized spacial score (nSPS) is 19.8. The van der Waals surface area contributed by atoms with Gasteiger partial charge in [-0.25, -0.2) is 9.59 Å². The number of alkyl carbamates (subject to hydrolysis) is 1. The molecule has 2 atom stereocenters. The van der Waals surface area contributed by atoms with Crippen molar-refractivity contribution < 1.29 is 29.3 Å². The van der Waals surface area contributed by atoms with Gasteiger partial charge in [-0.05, 0) is 41.2 Å². The number of hydrogen-bond donors (Lipinski definition) is 4. The van der Waals surface area contributed by atoms with Gasteiger partial charge in [0.1, 0.15) is 12.1 Å². The van der Waals surface area contributed by atoms with Crippen LogP contribution in [0, 0.1) is 0 Å². The average molecular weight is 544 g/mol. The Kier molecular flexibility index (Phi) is 7.60. The Morgan fingerprint density at radius 1 is 0.975 bits per heavy atom. The van der Waals surface area contributed by atoms with Gasteiger partial charge >= 0.3 is 12.1 Å². The molecule has 1 heterocycles. The SMILES string of the molecule is CC(CO)(NC(=O)C1(NC(=O)OCC2c3ccccc3-c3ccccc32)CCN(Cc2ccccc2)C1)C(=O)O. The number of carboxylic acid groups (broad SMARTS) is 1. The zero-order valence-corrected chi connectivity index (χ0v) is 22.3. The molecule has 0 bridgehead atoms. The van der Waals surface area contributed by atoms with Gasteiger partial charge in [-0.2, -0.15) is 0 Å². The van der Waals surface area contributed by atoms with E-state index in [1.807, 2.05) is 83.8 Å². The number of amides is 2. The van der Waals surface area contributed by atoms with Gasteiger partial charge in [0.2, 0.25) is 5.91 Å². The summed E-state index contributed by atoms with van der Waals surface area (Å²) >= 11 is 0. The number of benzene rings is 3. The van der Waals surface area contributed by atoms with Crippen LogP contribution in [-0.4, -0.2) is 70.5 Å². The molecule has 3 aromatic rings. The second kappa shape index (κ2) is 11.1. The smallest absolute Gasteiger partial charge is 0.408 e. The minimum absolute atomic E-state index is 0.0781. The first-order chi connectivity index (χ1) is 19.2. The van der Waals surface area contributed by atoms with Gasteiger partial charge in [-0.3, -0.25) is 9.69 Å². The molecule has 1 aliphatic heterocycles. The highest BCUT2D eigenvalue weighted by Gasteiger charge is 2.49. The van der Waals surface area contributed by atoms with Gasteiger partial charge in [0.15, 0.2) is 5.54 Å². The van der Waals surface area contributed by atoms with E-state index in [0.717, 1.165) is 27.8 Å². The third kappa shape index (κ3) is 5.30. The summed E-state index contributed by atoms with van der Waals surface area (Å²) in [6, 6.07) is 25.8. The highest BCUT2D eigenvalue weighted by molar-refractivity contribution is 5.94. The highest BCUT2D eigenvalue weighted by atomic mass is 16.5. The number of rotatable bonds is 9. The molecular weight excluding hydrogens is 510 g/mol. The number of carbonyl (C=O) groups is 3. The number of nitrogens with zero attached hydrogens (tertiary/aromatic N) is 1. The van der Waals surface area contributed by atoms with E-state index in [4.69, 9.17) is 4.74 Å². The van der Waals surface area contributed by atoms with Crippen molar-refractivity contribution in [1.29, 1.82) is 0 Å².